The van der Waals surface area contributed by atoms with Gasteiger partial charge in [-0.2, -0.15) is 0 Å². The molecule has 0 radical (unpaired) electrons. The Bertz CT molecular complexity index is 662. The molecule has 20 heavy (non-hydrogen) atoms. The summed E-state index contributed by atoms with van der Waals surface area (Å²) >= 11 is 6.26. The SMILES string of the molecule is CC(C)(C)OC(=O)Nc1ccc2cc(O)ccc2c1Cl. The van der Waals surface area contributed by atoms with Crippen LogP contribution in [0.1, 0.15) is 20.8 Å². The van der Waals surface area contributed by atoms with Crippen LogP contribution >= 0.6 is 11.6 Å². The maximum Gasteiger partial charge on any atom is 0.412 e. The molecular formula is C15H16ClNO3. The van der Waals surface area contributed by atoms with E-state index in [0.717, 1.165) is 10.8 Å². The minimum Gasteiger partial charge on any atom is -0.508 e. The van der Waals surface area contributed by atoms with E-state index in [1.807, 2.05) is 0 Å². The topological polar surface area (TPSA) is 58.6 Å². The van der Waals surface area contributed by atoms with Crippen molar-refractivity contribution in [3.63, 3.8) is 0 Å². The second-order valence-electron chi connectivity index (χ2n) is 5.46. The Balaban J connectivity index is 2.30. The highest BCUT2D eigenvalue weighted by atomic mass is 35.5. The van der Waals surface area contributed by atoms with E-state index in [4.69, 9.17) is 16.3 Å². The quantitative estimate of drug-likeness (QED) is 0.811. The zero-order chi connectivity index (χ0) is 14.9. The fourth-order valence-electron chi connectivity index (χ4n) is 1.79. The molecule has 0 saturated carbocycles. The van der Waals surface area contributed by atoms with Crippen LogP contribution in [-0.2, 0) is 4.74 Å². The fraction of sp³-hybridized carbons (Fsp3) is 0.267. The van der Waals surface area contributed by atoms with E-state index in [1.165, 1.54) is 0 Å². The molecule has 0 aliphatic carbocycles. The molecule has 2 aromatic rings. The third-order valence-electron chi connectivity index (χ3n) is 2.57. The minimum atomic E-state index is -0.570. The van der Waals surface area contributed by atoms with Crippen molar-refractivity contribution in [3.05, 3.63) is 35.4 Å². The van der Waals surface area contributed by atoms with Crippen LogP contribution in [0.25, 0.3) is 10.8 Å². The molecule has 0 heterocycles. The van der Waals surface area contributed by atoms with Crippen molar-refractivity contribution in [2.75, 3.05) is 5.32 Å². The van der Waals surface area contributed by atoms with E-state index < -0.39 is 11.7 Å². The number of hydrogen-bond donors (Lipinski definition) is 2. The molecule has 1 amide bonds. The number of ether oxygens (including phenoxy) is 1. The Morgan fingerprint density at radius 3 is 2.60 bits per heavy atom. The fourth-order valence-corrected chi connectivity index (χ4v) is 2.07. The Hall–Kier alpha value is -1.94. The Morgan fingerprint density at radius 1 is 1.25 bits per heavy atom. The number of carbonyl (C=O) groups is 1. The number of halogens is 1. The lowest BCUT2D eigenvalue weighted by Crippen LogP contribution is -2.27. The van der Waals surface area contributed by atoms with E-state index in [2.05, 4.69) is 5.32 Å². The molecule has 0 aliphatic heterocycles. The number of anilines is 1. The van der Waals surface area contributed by atoms with Gasteiger partial charge in [0.15, 0.2) is 0 Å². The van der Waals surface area contributed by atoms with Crippen LogP contribution in [0.3, 0.4) is 0 Å². The van der Waals surface area contributed by atoms with Gasteiger partial charge in [-0.1, -0.05) is 17.7 Å². The average molecular weight is 294 g/mol. The number of phenolic OH excluding ortho intramolecular Hbond substituents is 1. The summed E-state index contributed by atoms with van der Waals surface area (Å²) in [4.78, 5) is 11.7. The first-order valence-electron chi connectivity index (χ1n) is 6.17. The first-order valence-corrected chi connectivity index (χ1v) is 6.55. The lowest BCUT2D eigenvalue weighted by Gasteiger charge is -2.20. The van der Waals surface area contributed by atoms with Crippen molar-refractivity contribution >= 4 is 34.2 Å². The predicted molar refractivity (Wildman–Crippen MR) is 80.5 cm³/mol. The smallest absolute Gasteiger partial charge is 0.412 e. The summed E-state index contributed by atoms with van der Waals surface area (Å²) < 4.78 is 5.18. The number of aromatic hydroxyl groups is 1. The third-order valence-corrected chi connectivity index (χ3v) is 2.98. The van der Waals surface area contributed by atoms with E-state index >= 15 is 0 Å². The largest absolute Gasteiger partial charge is 0.508 e. The van der Waals surface area contributed by atoms with Gasteiger partial charge < -0.3 is 9.84 Å². The first-order chi connectivity index (χ1) is 9.26. The van der Waals surface area contributed by atoms with Crippen LogP contribution in [-0.4, -0.2) is 16.8 Å². The summed E-state index contributed by atoms with van der Waals surface area (Å²) in [5, 5.41) is 14.0. The van der Waals surface area contributed by atoms with Crippen LogP contribution in [0.2, 0.25) is 5.02 Å². The maximum atomic E-state index is 11.7. The molecule has 0 bridgehead atoms. The summed E-state index contributed by atoms with van der Waals surface area (Å²) in [6, 6.07) is 8.30. The zero-order valence-corrected chi connectivity index (χ0v) is 12.3. The van der Waals surface area contributed by atoms with E-state index in [9.17, 15) is 9.90 Å². The highest BCUT2D eigenvalue weighted by molar-refractivity contribution is 6.38. The van der Waals surface area contributed by atoms with Gasteiger partial charge in [0, 0.05) is 5.39 Å². The lowest BCUT2D eigenvalue weighted by molar-refractivity contribution is 0.0636. The number of benzene rings is 2. The monoisotopic (exact) mass is 293 g/mol. The number of rotatable bonds is 1. The van der Waals surface area contributed by atoms with Gasteiger partial charge in [0.25, 0.3) is 0 Å². The normalized spacial score (nSPS) is 11.4. The molecule has 2 rings (SSSR count). The van der Waals surface area contributed by atoms with Gasteiger partial charge in [-0.25, -0.2) is 4.79 Å². The number of fused-ring (bicyclic) bond motifs is 1. The van der Waals surface area contributed by atoms with Crippen LogP contribution in [0.5, 0.6) is 5.75 Å². The molecule has 4 nitrogen and oxygen atoms in total. The van der Waals surface area contributed by atoms with Crippen molar-refractivity contribution in [3.8, 4) is 5.75 Å². The van der Waals surface area contributed by atoms with E-state index in [-0.39, 0.29) is 5.75 Å². The maximum absolute atomic E-state index is 11.7. The molecule has 0 atom stereocenters. The Kier molecular flexibility index (Phi) is 3.77. The van der Waals surface area contributed by atoms with Crippen molar-refractivity contribution in [1.29, 1.82) is 0 Å². The Labute approximate surface area is 122 Å². The van der Waals surface area contributed by atoms with Gasteiger partial charge in [-0.15, -0.1) is 0 Å². The number of amides is 1. The zero-order valence-electron chi connectivity index (χ0n) is 11.5. The molecule has 0 spiro atoms. The summed E-state index contributed by atoms with van der Waals surface area (Å²) in [6.07, 6.45) is -0.558. The van der Waals surface area contributed by atoms with Crippen molar-refractivity contribution < 1.29 is 14.6 Å². The third kappa shape index (κ3) is 3.33. The van der Waals surface area contributed by atoms with Gasteiger partial charge in [0.2, 0.25) is 0 Å². The summed E-state index contributed by atoms with van der Waals surface area (Å²) in [5.74, 6) is 0.168. The van der Waals surface area contributed by atoms with Crippen molar-refractivity contribution in [1.82, 2.24) is 0 Å². The van der Waals surface area contributed by atoms with Crippen LogP contribution < -0.4 is 5.32 Å². The summed E-state index contributed by atoms with van der Waals surface area (Å²) in [7, 11) is 0. The van der Waals surface area contributed by atoms with Gasteiger partial charge in [-0.3, -0.25) is 5.32 Å². The highest BCUT2D eigenvalue weighted by Crippen LogP contribution is 2.33. The van der Waals surface area contributed by atoms with Gasteiger partial charge in [0.05, 0.1) is 10.7 Å². The number of carbonyl (C=O) groups excluding carboxylic acids is 1. The number of hydrogen-bond acceptors (Lipinski definition) is 3. The molecular weight excluding hydrogens is 278 g/mol. The van der Waals surface area contributed by atoms with Gasteiger partial charge >= 0.3 is 6.09 Å². The molecule has 5 heteroatoms. The molecule has 0 unspecified atom stereocenters. The molecule has 0 fully saturated rings. The van der Waals surface area contributed by atoms with E-state index in [1.54, 1.807) is 51.1 Å². The number of phenols is 1. The molecule has 0 saturated heterocycles. The van der Waals surface area contributed by atoms with E-state index in [0.29, 0.717) is 10.7 Å². The average Bonchev–Trinajstić information content (AvgIpc) is 2.30. The van der Waals surface area contributed by atoms with Crippen LogP contribution in [0.15, 0.2) is 30.3 Å². The molecule has 106 valence electrons. The first kappa shape index (κ1) is 14.5. The van der Waals surface area contributed by atoms with Crippen LogP contribution in [0.4, 0.5) is 10.5 Å². The lowest BCUT2D eigenvalue weighted by atomic mass is 10.1. The molecule has 2 aromatic carbocycles. The number of nitrogens with one attached hydrogen (secondary N) is 1. The standard InChI is InChI=1S/C15H16ClNO3/c1-15(2,3)20-14(19)17-12-7-4-9-8-10(18)5-6-11(9)13(12)16/h4-8,18H,1-3H3,(H,17,19). The van der Waals surface area contributed by atoms with Crippen molar-refractivity contribution in [2.24, 2.45) is 0 Å². The minimum absolute atomic E-state index is 0.168. The summed E-state index contributed by atoms with van der Waals surface area (Å²) in [6.45, 7) is 5.37. The second-order valence-corrected chi connectivity index (χ2v) is 5.84. The van der Waals surface area contributed by atoms with Crippen molar-refractivity contribution in [2.45, 2.75) is 26.4 Å². The molecule has 2 N–H and O–H groups in total. The molecule has 0 aliphatic rings. The van der Waals surface area contributed by atoms with Crippen LogP contribution in [0, 0.1) is 0 Å². The van der Waals surface area contributed by atoms with Gasteiger partial charge in [0.1, 0.15) is 11.4 Å². The second kappa shape index (κ2) is 5.21. The predicted octanol–water partition coefficient (Wildman–Crippen LogP) is 4.55. The highest BCUT2D eigenvalue weighted by Gasteiger charge is 2.17. The summed E-state index contributed by atoms with van der Waals surface area (Å²) in [5.41, 5.74) is -0.0988. The Morgan fingerprint density at radius 2 is 1.95 bits per heavy atom. The molecule has 0 aromatic heterocycles. The van der Waals surface area contributed by atoms with Gasteiger partial charge in [-0.05, 0) is 50.4 Å².